The van der Waals surface area contributed by atoms with E-state index in [9.17, 15) is 18.0 Å². The molecule has 3 N–H and O–H groups in total. The quantitative estimate of drug-likeness (QED) is 0.636. The Balaban J connectivity index is 1.32. The van der Waals surface area contributed by atoms with E-state index in [0.717, 1.165) is 43.9 Å². The zero-order chi connectivity index (χ0) is 24.6. The van der Waals surface area contributed by atoms with Gasteiger partial charge < -0.3 is 10.6 Å². The van der Waals surface area contributed by atoms with Crippen molar-refractivity contribution in [1.29, 1.82) is 0 Å². The van der Waals surface area contributed by atoms with Crippen molar-refractivity contribution in [2.45, 2.75) is 67.8 Å². The third-order valence-corrected chi connectivity index (χ3v) is 11.0. The van der Waals surface area contributed by atoms with E-state index in [1.165, 1.54) is 0 Å². The van der Waals surface area contributed by atoms with Gasteiger partial charge in [0.25, 0.3) is 0 Å². The first-order chi connectivity index (χ1) is 16.7. The first kappa shape index (κ1) is 22.9. The zero-order valence-corrected chi connectivity index (χ0v) is 20.8. The van der Waals surface area contributed by atoms with Gasteiger partial charge in [0.1, 0.15) is 10.4 Å². The monoisotopic (exact) mass is 496 g/mol. The molecular weight excluding hydrogens is 464 g/mol. The summed E-state index contributed by atoms with van der Waals surface area (Å²) in [5.74, 6) is 0.385. The molecule has 1 aromatic carbocycles. The van der Waals surface area contributed by atoms with Crippen LogP contribution in [0.25, 0.3) is 10.9 Å². The number of hydrogen-bond acceptors (Lipinski definition) is 5. The van der Waals surface area contributed by atoms with E-state index in [2.05, 4.69) is 9.71 Å². The van der Waals surface area contributed by atoms with Crippen molar-refractivity contribution in [3.05, 3.63) is 36.5 Å². The summed E-state index contributed by atoms with van der Waals surface area (Å²) >= 11 is 0. The summed E-state index contributed by atoms with van der Waals surface area (Å²) in [5.41, 5.74) is 4.59. The molecule has 5 aliphatic rings. The number of nitrogens with one attached hydrogen (secondary N) is 1. The van der Waals surface area contributed by atoms with E-state index in [1.807, 2.05) is 12.1 Å². The van der Waals surface area contributed by atoms with Crippen molar-refractivity contribution in [1.82, 2.24) is 14.6 Å². The Bertz CT molecular complexity index is 1320. The number of likely N-dealkylation sites (N-methyl/N-ethyl adjacent to an activating group) is 1. The van der Waals surface area contributed by atoms with Crippen molar-refractivity contribution in [2.24, 2.45) is 28.9 Å². The van der Waals surface area contributed by atoms with Crippen LogP contribution in [0.5, 0.6) is 0 Å². The van der Waals surface area contributed by atoms with E-state index in [1.54, 1.807) is 36.3 Å². The number of hydrogen-bond donors (Lipinski definition) is 2. The van der Waals surface area contributed by atoms with E-state index in [-0.39, 0.29) is 34.6 Å². The largest absolute Gasteiger partial charge is 0.369 e. The number of pyridine rings is 1. The Kier molecular flexibility index (Phi) is 5.07. The molecule has 4 bridgehead atoms. The predicted octanol–water partition coefficient (Wildman–Crippen LogP) is 2.57. The standard InChI is InChI=1S/C26H32N4O4S/c1-30(22-18-12-16-13-19(22)25(14-16,15-18)23(27)31)24(32)26(9-2-3-10-26)29-35(33,34)20-8-4-6-17-7-5-11-28-21(17)20/h4-8,11,16,18-19,22,29H,2-3,9-10,12-15H2,1H3,(H2,27,31). The molecule has 1 aromatic heterocycles. The summed E-state index contributed by atoms with van der Waals surface area (Å²) in [7, 11) is -2.22. The van der Waals surface area contributed by atoms with Gasteiger partial charge in [0, 0.05) is 24.7 Å². The van der Waals surface area contributed by atoms with Crippen LogP contribution in [-0.4, -0.2) is 48.7 Å². The van der Waals surface area contributed by atoms with E-state index in [0.29, 0.717) is 24.3 Å². The number of carbonyl (C=O) groups is 2. The van der Waals surface area contributed by atoms with Crippen LogP contribution in [0, 0.1) is 23.2 Å². The fraction of sp³-hybridized carbons (Fsp3) is 0.577. The molecule has 5 unspecified atom stereocenters. The molecule has 0 radical (unpaired) electrons. The highest BCUT2D eigenvalue weighted by Gasteiger charge is 2.67. The Morgan fingerprint density at radius 2 is 1.86 bits per heavy atom. The lowest BCUT2D eigenvalue weighted by molar-refractivity contribution is -0.141. The van der Waals surface area contributed by atoms with Crippen molar-refractivity contribution < 1.29 is 18.0 Å². The van der Waals surface area contributed by atoms with Crippen LogP contribution in [0.1, 0.15) is 51.4 Å². The first-order valence-corrected chi connectivity index (χ1v) is 14.1. The van der Waals surface area contributed by atoms with Gasteiger partial charge in [-0.3, -0.25) is 14.6 Å². The molecule has 5 aliphatic carbocycles. The second-order valence-electron chi connectivity index (χ2n) is 11.3. The topological polar surface area (TPSA) is 122 Å². The third-order valence-electron chi connectivity index (χ3n) is 9.45. The number of fused-ring (bicyclic) bond motifs is 1. The minimum Gasteiger partial charge on any atom is -0.369 e. The molecule has 0 aliphatic heterocycles. The van der Waals surface area contributed by atoms with Gasteiger partial charge in [0.05, 0.1) is 10.9 Å². The van der Waals surface area contributed by atoms with Crippen LogP contribution in [0.15, 0.2) is 41.4 Å². The van der Waals surface area contributed by atoms with Gasteiger partial charge in [-0.2, -0.15) is 4.72 Å². The molecule has 0 spiro atoms. The number of amides is 2. The fourth-order valence-corrected chi connectivity index (χ4v) is 9.77. The number of primary amides is 1. The van der Waals surface area contributed by atoms with Crippen LogP contribution in [0.4, 0.5) is 0 Å². The van der Waals surface area contributed by atoms with E-state index in [4.69, 9.17) is 5.73 Å². The fourth-order valence-electron chi connectivity index (χ4n) is 8.17. The maximum Gasteiger partial charge on any atom is 0.243 e. The van der Waals surface area contributed by atoms with Gasteiger partial charge in [0.15, 0.2) is 0 Å². The maximum atomic E-state index is 14.1. The molecule has 35 heavy (non-hydrogen) atoms. The Labute approximate surface area is 205 Å². The first-order valence-electron chi connectivity index (χ1n) is 12.6. The minimum absolute atomic E-state index is 0.0648. The molecule has 5 atom stereocenters. The van der Waals surface area contributed by atoms with Crippen molar-refractivity contribution >= 4 is 32.7 Å². The SMILES string of the molecule is CN(C(=O)C1(NS(=O)(=O)c2cccc3cccnc23)CCCC1)C1C2CC3CC1C(C(N)=O)(C3)C2. The number of aromatic nitrogens is 1. The van der Waals surface area contributed by atoms with Crippen molar-refractivity contribution in [3.63, 3.8) is 0 Å². The molecule has 2 amide bonds. The van der Waals surface area contributed by atoms with E-state index < -0.39 is 21.0 Å². The molecule has 1 heterocycles. The van der Waals surface area contributed by atoms with E-state index >= 15 is 0 Å². The highest BCUT2D eigenvalue weighted by molar-refractivity contribution is 7.89. The van der Waals surface area contributed by atoms with Crippen LogP contribution in [0.2, 0.25) is 0 Å². The van der Waals surface area contributed by atoms with Gasteiger partial charge in [-0.15, -0.1) is 0 Å². The van der Waals surface area contributed by atoms with Gasteiger partial charge in [0.2, 0.25) is 21.8 Å². The van der Waals surface area contributed by atoms with Gasteiger partial charge in [-0.1, -0.05) is 31.0 Å². The summed E-state index contributed by atoms with van der Waals surface area (Å²) in [6, 6.07) is 8.58. The van der Waals surface area contributed by atoms with Crippen molar-refractivity contribution in [2.75, 3.05) is 7.05 Å². The highest BCUT2D eigenvalue weighted by Crippen LogP contribution is 2.66. The third kappa shape index (κ3) is 3.27. The molecule has 5 saturated carbocycles. The number of rotatable bonds is 6. The molecule has 0 saturated heterocycles. The lowest BCUT2D eigenvalue weighted by atomic mass is 9.75. The number of carbonyl (C=O) groups excluding carboxylic acids is 2. The predicted molar refractivity (Wildman–Crippen MR) is 130 cm³/mol. The molecule has 7 rings (SSSR count). The van der Waals surface area contributed by atoms with Crippen LogP contribution >= 0.6 is 0 Å². The molecule has 8 nitrogen and oxygen atoms in total. The normalized spacial score (nSPS) is 32.8. The number of para-hydroxylation sites is 1. The Hall–Kier alpha value is -2.52. The van der Waals surface area contributed by atoms with Crippen LogP contribution < -0.4 is 10.5 Å². The summed E-state index contributed by atoms with van der Waals surface area (Å²) < 4.78 is 30.2. The Morgan fingerprint density at radius 3 is 2.60 bits per heavy atom. The smallest absolute Gasteiger partial charge is 0.243 e. The second-order valence-corrected chi connectivity index (χ2v) is 12.9. The van der Waals surface area contributed by atoms with Gasteiger partial charge >= 0.3 is 0 Å². The van der Waals surface area contributed by atoms with Crippen LogP contribution in [0.3, 0.4) is 0 Å². The summed E-state index contributed by atoms with van der Waals surface area (Å²) in [4.78, 5) is 32.8. The number of benzene rings is 1. The Morgan fingerprint density at radius 1 is 1.11 bits per heavy atom. The summed E-state index contributed by atoms with van der Waals surface area (Å²) in [6.07, 6.45) is 7.54. The molecule has 5 fully saturated rings. The highest BCUT2D eigenvalue weighted by atomic mass is 32.2. The van der Waals surface area contributed by atoms with Crippen molar-refractivity contribution in [3.8, 4) is 0 Å². The average molecular weight is 497 g/mol. The molecule has 186 valence electrons. The number of nitrogens with two attached hydrogens (primary N) is 1. The molecule has 9 heteroatoms. The average Bonchev–Trinajstić information content (AvgIpc) is 3.47. The zero-order valence-electron chi connectivity index (χ0n) is 19.9. The minimum atomic E-state index is -4.01. The van der Waals surface area contributed by atoms with Gasteiger partial charge in [-0.25, -0.2) is 8.42 Å². The lowest BCUT2D eigenvalue weighted by Crippen LogP contribution is -2.60. The number of nitrogens with zero attached hydrogens (tertiary/aromatic N) is 2. The lowest BCUT2D eigenvalue weighted by Gasteiger charge is -2.42. The summed E-state index contributed by atoms with van der Waals surface area (Å²) in [6.45, 7) is 0. The van der Waals surface area contributed by atoms with Gasteiger partial charge in [-0.05, 0) is 68.4 Å². The molecule has 2 aromatic rings. The number of sulfonamides is 1. The van der Waals surface area contributed by atoms with Crippen LogP contribution in [-0.2, 0) is 19.6 Å². The maximum absolute atomic E-state index is 14.1. The second kappa shape index (κ2) is 7.74. The molecular formula is C26H32N4O4S. The summed E-state index contributed by atoms with van der Waals surface area (Å²) in [5, 5.41) is 0.730.